The van der Waals surface area contributed by atoms with Gasteiger partial charge in [0.15, 0.2) is 0 Å². The summed E-state index contributed by atoms with van der Waals surface area (Å²) in [6.45, 7) is 1.99. The first-order valence-corrected chi connectivity index (χ1v) is 6.14. The number of hydrogen-bond donors (Lipinski definition) is 2. The van der Waals surface area contributed by atoms with Crippen LogP contribution in [0.15, 0.2) is 22.7 Å². The third-order valence-corrected chi connectivity index (χ3v) is 2.95. The van der Waals surface area contributed by atoms with Crippen LogP contribution in [0.1, 0.15) is 6.92 Å². The highest BCUT2D eigenvalue weighted by molar-refractivity contribution is 9.10. The van der Waals surface area contributed by atoms with Crippen LogP contribution >= 0.6 is 27.5 Å². The summed E-state index contributed by atoms with van der Waals surface area (Å²) in [4.78, 5) is 11.6. The summed E-state index contributed by atoms with van der Waals surface area (Å²) in [5.74, 6) is 2.20. The molecule has 2 N–H and O–H groups in total. The Bertz CT molecular complexity index is 456. The van der Waals surface area contributed by atoms with Crippen molar-refractivity contribution in [3.63, 3.8) is 0 Å². The van der Waals surface area contributed by atoms with Gasteiger partial charge in [-0.1, -0.05) is 17.5 Å². The van der Waals surface area contributed by atoms with Crippen LogP contribution in [0.4, 0.5) is 5.69 Å². The Balaban J connectivity index is 2.65. The molecule has 1 unspecified atom stereocenters. The minimum Gasteiger partial charge on any atom is -0.373 e. The predicted octanol–water partition coefficient (Wildman–Crippen LogP) is 2.65. The van der Waals surface area contributed by atoms with Crippen molar-refractivity contribution in [2.75, 3.05) is 11.9 Å². The van der Waals surface area contributed by atoms with E-state index in [-0.39, 0.29) is 18.5 Å². The lowest BCUT2D eigenvalue weighted by atomic mass is 10.2. The zero-order valence-corrected chi connectivity index (χ0v) is 11.6. The van der Waals surface area contributed by atoms with E-state index in [1.165, 1.54) is 0 Å². The molecule has 1 aromatic carbocycles. The molecule has 0 fully saturated rings. The summed E-state index contributed by atoms with van der Waals surface area (Å²) in [5.41, 5.74) is 0.803. The van der Waals surface area contributed by atoms with Gasteiger partial charge in [-0.15, -0.1) is 6.42 Å². The third kappa shape index (κ3) is 4.29. The van der Waals surface area contributed by atoms with Gasteiger partial charge >= 0.3 is 0 Å². The molecule has 0 aliphatic heterocycles. The van der Waals surface area contributed by atoms with Gasteiger partial charge in [-0.25, -0.2) is 0 Å². The molecule has 5 heteroatoms. The molecule has 0 saturated heterocycles. The van der Waals surface area contributed by atoms with Gasteiger partial charge < -0.3 is 10.6 Å². The van der Waals surface area contributed by atoms with Crippen molar-refractivity contribution < 1.29 is 4.79 Å². The van der Waals surface area contributed by atoms with E-state index in [0.717, 1.165) is 10.2 Å². The van der Waals surface area contributed by atoms with Crippen molar-refractivity contribution in [2.45, 2.75) is 13.0 Å². The molecule has 1 atom stereocenters. The SMILES string of the molecule is C#CCNC(=O)C(C)Nc1ccc(Cl)cc1Br. The average molecular weight is 316 g/mol. The quantitative estimate of drug-likeness (QED) is 0.839. The Kier molecular flexibility index (Phi) is 5.33. The number of carbonyl (C=O) groups excluding carboxylic acids is 1. The fraction of sp³-hybridized carbons (Fsp3) is 0.250. The largest absolute Gasteiger partial charge is 0.373 e. The number of benzene rings is 1. The van der Waals surface area contributed by atoms with Crippen LogP contribution in [0.3, 0.4) is 0 Å². The Morgan fingerprint density at radius 3 is 2.94 bits per heavy atom. The van der Waals surface area contributed by atoms with Gasteiger partial charge in [0.05, 0.1) is 6.54 Å². The summed E-state index contributed by atoms with van der Waals surface area (Å²) < 4.78 is 0.807. The molecule has 0 heterocycles. The van der Waals surface area contributed by atoms with Crippen molar-refractivity contribution >= 4 is 39.1 Å². The van der Waals surface area contributed by atoms with E-state index in [2.05, 4.69) is 32.5 Å². The lowest BCUT2D eigenvalue weighted by Crippen LogP contribution is -2.37. The number of amides is 1. The Hall–Kier alpha value is -1.18. The van der Waals surface area contributed by atoms with Crippen molar-refractivity contribution in [1.29, 1.82) is 0 Å². The Morgan fingerprint density at radius 1 is 1.65 bits per heavy atom. The van der Waals surface area contributed by atoms with E-state index in [0.29, 0.717) is 5.02 Å². The number of carbonyl (C=O) groups is 1. The number of hydrogen-bond acceptors (Lipinski definition) is 2. The third-order valence-electron chi connectivity index (χ3n) is 2.06. The van der Waals surface area contributed by atoms with Crippen LogP contribution in [0.2, 0.25) is 5.02 Å². The highest BCUT2D eigenvalue weighted by Crippen LogP contribution is 2.26. The minimum absolute atomic E-state index is 0.148. The van der Waals surface area contributed by atoms with Crippen molar-refractivity contribution in [3.8, 4) is 12.3 Å². The van der Waals surface area contributed by atoms with E-state index in [1.807, 2.05) is 0 Å². The maximum atomic E-state index is 11.6. The molecule has 0 aliphatic rings. The second-order valence-electron chi connectivity index (χ2n) is 3.41. The van der Waals surface area contributed by atoms with Crippen molar-refractivity contribution in [2.24, 2.45) is 0 Å². The van der Waals surface area contributed by atoms with Gasteiger partial charge in [0.25, 0.3) is 0 Å². The molecule has 1 rings (SSSR count). The molecule has 0 radical (unpaired) electrons. The minimum atomic E-state index is -0.374. The second kappa shape index (κ2) is 6.53. The molecule has 0 aliphatic carbocycles. The molecular weight excluding hydrogens is 304 g/mol. The van der Waals surface area contributed by atoms with Crippen LogP contribution in [-0.2, 0) is 4.79 Å². The van der Waals surface area contributed by atoms with Gasteiger partial charge in [0.2, 0.25) is 5.91 Å². The van der Waals surface area contributed by atoms with E-state index in [9.17, 15) is 4.79 Å². The first-order valence-electron chi connectivity index (χ1n) is 4.97. The number of rotatable bonds is 4. The Morgan fingerprint density at radius 2 is 2.35 bits per heavy atom. The molecule has 0 aromatic heterocycles. The van der Waals surface area contributed by atoms with E-state index in [1.54, 1.807) is 25.1 Å². The summed E-state index contributed by atoms with van der Waals surface area (Å²) >= 11 is 9.19. The normalized spacial score (nSPS) is 11.4. The van der Waals surface area contributed by atoms with Crippen LogP contribution in [0, 0.1) is 12.3 Å². The Labute approximate surface area is 114 Å². The average Bonchev–Trinajstić information content (AvgIpc) is 2.29. The molecule has 17 heavy (non-hydrogen) atoms. The molecular formula is C12H12BrClN2O. The summed E-state index contributed by atoms with van der Waals surface area (Å²) in [6, 6.07) is 4.94. The maximum absolute atomic E-state index is 11.6. The maximum Gasteiger partial charge on any atom is 0.242 e. The first-order chi connectivity index (χ1) is 8.04. The fourth-order valence-electron chi connectivity index (χ4n) is 1.20. The molecule has 3 nitrogen and oxygen atoms in total. The van der Waals surface area contributed by atoms with Crippen molar-refractivity contribution in [1.82, 2.24) is 5.32 Å². The van der Waals surface area contributed by atoms with Crippen LogP contribution < -0.4 is 10.6 Å². The molecule has 90 valence electrons. The zero-order chi connectivity index (χ0) is 12.8. The number of halogens is 2. The molecule has 0 saturated carbocycles. The fourth-order valence-corrected chi connectivity index (χ4v) is 1.99. The smallest absolute Gasteiger partial charge is 0.242 e. The highest BCUT2D eigenvalue weighted by atomic mass is 79.9. The highest BCUT2D eigenvalue weighted by Gasteiger charge is 2.12. The van der Waals surface area contributed by atoms with Gasteiger partial charge in [-0.05, 0) is 41.1 Å². The van der Waals surface area contributed by atoms with Crippen LogP contribution in [0.25, 0.3) is 0 Å². The number of nitrogens with one attached hydrogen (secondary N) is 2. The van der Waals surface area contributed by atoms with Crippen LogP contribution in [0.5, 0.6) is 0 Å². The summed E-state index contributed by atoms with van der Waals surface area (Å²) in [7, 11) is 0. The zero-order valence-electron chi connectivity index (χ0n) is 9.26. The van der Waals surface area contributed by atoms with E-state index >= 15 is 0 Å². The topological polar surface area (TPSA) is 41.1 Å². The van der Waals surface area contributed by atoms with E-state index < -0.39 is 0 Å². The monoisotopic (exact) mass is 314 g/mol. The van der Waals surface area contributed by atoms with Gasteiger partial charge in [-0.2, -0.15) is 0 Å². The van der Waals surface area contributed by atoms with E-state index in [4.69, 9.17) is 18.0 Å². The lowest BCUT2D eigenvalue weighted by Gasteiger charge is -2.15. The second-order valence-corrected chi connectivity index (χ2v) is 4.70. The number of anilines is 1. The van der Waals surface area contributed by atoms with Crippen LogP contribution in [-0.4, -0.2) is 18.5 Å². The molecule has 0 spiro atoms. The summed E-state index contributed by atoms with van der Waals surface area (Å²) in [5, 5.41) is 6.30. The standard InChI is InChI=1S/C12H12BrClN2O/c1-3-6-15-12(17)8(2)16-11-5-4-9(14)7-10(11)13/h1,4-5,7-8,16H,6H2,2H3,(H,15,17). The van der Waals surface area contributed by atoms with Gasteiger partial charge in [-0.3, -0.25) is 4.79 Å². The number of terminal acetylenes is 1. The van der Waals surface area contributed by atoms with Gasteiger partial charge in [0, 0.05) is 15.2 Å². The molecule has 0 bridgehead atoms. The van der Waals surface area contributed by atoms with Gasteiger partial charge in [0.1, 0.15) is 6.04 Å². The van der Waals surface area contributed by atoms with Crippen molar-refractivity contribution in [3.05, 3.63) is 27.7 Å². The lowest BCUT2D eigenvalue weighted by molar-refractivity contribution is -0.121. The summed E-state index contributed by atoms with van der Waals surface area (Å²) in [6.07, 6.45) is 5.06. The first kappa shape index (κ1) is 13.9. The molecule has 1 amide bonds. The predicted molar refractivity (Wildman–Crippen MR) is 74.1 cm³/mol. The molecule has 1 aromatic rings.